The van der Waals surface area contributed by atoms with E-state index in [1.807, 2.05) is 55.5 Å². The van der Waals surface area contributed by atoms with E-state index in [9.17, 15) is 9.18 Å². The second kappa shape index (κ2) is 7.40. The fourth-order valence-corrected chi connectivity index (χ4v) is 4.07. The summed E-state index contributed by atoms with van der Waals surface area (Å²) in [6, 6.07) is 21.2. The highest BCUT2D eigenvalue weighted by Crippen LogP contribution is 2.45. The highest BCUT2D eigenvalue weighted by atomic mass is 19.1. The molecule has 4 aromatic rings. The first-order valence-corrected chi connectivity index (χ1v) is 9.95. The van der Waals surface area contributed by atoms with Gasteiger partial charge in [-0.2, -0.15) is 5.10 Å². The Hall–Kier alpha value is -3.93. The summed E-state index contributed by atoms with van der Waals surface area (Å²) in [4.78, 5) is 15.1. The second-order valence-corrected chi connectivity index (χ2v) is 7.56. The lowest BCUT2D eigenvalue weighted by molar-refractivity contribution is 0.0988. The van der Waals surface area contributed by atoms with Crippen molar-refractivity contribution in [3.63, 3.8) is 0 Å². The molecule has 1 amide bonds. The maximum Gasteiger partial charge on any atom is 0.277 e. The number of nitrogens with zero attached hydrogens (tertiary/aromatic N) is 2. The number of nitrogens with one attached hydrogen (secondary N) is 1. The predicted octanol–water partition coefficient (Wildman–Crippen LogP) is 5.28. The summed E-state index contributed by atoms with van der Waals surface area (Å²) < 4.78 is 19.0. The van der Waals surface area contributed by atoms with Crippen molar-refractivity contribution in [2.45, 2.75) is 13.0 Å². The van der Waals surface area contributed by atoms with Crippen molar-refractivity contribution in [2.24, 2.45) is 0 Å². The van der Waals surface area contributed by atoms with E-state index < -0.39 is 6.04 Å². The highest BCUT2D eigenvalue weighted by molar-refractivity contribution is 6.11. The van der Waals surface area contributed by atoms with Gasteiger partial charge < -0.3 is 4.74 Å². The summed E-state index contributed by atoms with van der Waals surface area (Å²) in [5, 5.41) is 7.43. The molecule has 154 valence electrons. The Morgan fingerprint density at radius 3 is 2.48 bits per heavy atom. The summed E-state index contributed by atoms with van der Waals surface area (Å²) >= 11 is 0. The third kappa shape index (κ3) is 3.17. The first-order chi connectivity index (χ1) is 15.1. The van der Waals surface area contributed by atoms with Crippen molar-refractivity contribution >= 4 is 11.6 Å². The molecule has 0 bridgehead atoms. The Labute approximate surface area is 179 Å². The highest BCUT2D eigenvalue weighted by Gasteiger charge is 2.43. The molecule has 2 heterocycles. The third-order valence-electron chi connectivity index (χ3n) is 5.61. The Balaban J connectivity index is 1.72. The van der Waals surface area contributed by atoms with Crippen LogP contribution in [0.4, 0.5) is 10.1 Å². The topological polar surface area (TPSA) is 58.2 Å². The summed E-state index contributed by atoms with van der Waals surface area (Å²) in [7, 11) is 1.61. The van der Waals surface area contributed by atoms with Crippen LogP contribution in [0.1, 0.15) is 33.2 Å². The molecule has 0 radical (unpaired) electrons. The summed E-state index contributed by atoms with van der Waals surface area (Å²) in [6.45, 7) is 2.03. The molecule has 5 nitrogen and oxygen atoms in total. The van der Waals surface area contributed by atoms with Crippen LogP contribution in [0.15, 0.2) is 72.8 Å². The summed E-state index contributed by atoms with van der Waals surface area (Å²) in [6.07, 6.45) is 0. The van der Waals surface area contributed by atoms with Gasteiger partial charge in [-0.1, -0.05) is 42.0 Å². The van der Waals surface area contributed by atoms with Crippen LogP contribution in [0.25, 0.3) is 11.3 Å². The van der Waals surface area contributed by atoms with E-state index in [4.69, 9.17) is 4.74 Å². The van der Waals surface area contributed by atoms with Gasteiger partial charge in [0.25, 0.3) is 5.91 Å². The summed E-state index contributed by atoms with van der Waals surface area (Å²) in [5.41, 5.74) is 5.51. The molecule has 5 rings (SSSR count). The monoisotopic (exact) mass is 413 g/mol. The van der Waals surface area contributed by atoms with Crippen molar-refractivity contribution in [1.82, 2.24) is 10.2 Å². The number of anilines is 1. The number of halogens is 1. The molecule has 1 aliphatic rings. The number of aromatic nitrogens is 2. The average Bonchev–Trinajstić information content (AvgIpc) is 3.34. The minimum absolute atomic E-state index is 0.208. The SMILES string of the molecule is COc1cccc(C2c3c(-c4ccc(C)cc4)n[nH]c3C(=O)N2c2ccc(F)cc2)c1. The number of H-pyrrole nitrogens is 1. The molecular weight excluding hydrogens is 393 g/mol. The molecule has 31 heavy (non-hydrogen) atoms. The number of carbonyl (C=O) groups is 1. The van der Waals surface area contributed by atoms with Gasteiger partial charge in [0.1, 0.15) is 17.3 Å². The van der Waals surface area contributed by atoms with Crippen LogP contribution in [0, 0.1) is 12.7 Å². The number of ether oxygens (including phenoxy) is 1. The van der Waals surface area contributed by atoms with Gasteiger partial charge in [-0.15, -0.1) is 0 Å². The van der Waals surface area contributed by atoms with Crippen LogP contribution in [0.3, 0.4) is 0 Å². The maximum atomic E-state index is 13.6. The van der Waals surface area contributed by atoms with E-state index >= 15 is 0 Å². The van der Waals surface area contributed by atoms with Crippen molar-refractivity contribution in [3.05, 3.63) is 101 Å². The van der Waals surface area contributed by atoms with Crippen molar-refractivity contribution in [2.75, 3.05) is 12.0 Å². The maximum absolute atomic E-state index is 13.6. The first kappa shape index (κ1) is 19.1. The fourth-order valence-electron chi connectivity index (χ4n) is 4.07. The normalized spacial score (nSPS) is 15.3. The molecule has 0 fully saturated rings. The quantitative estimate of drug-likeness (QED) is 0.495. The van der Waals surface area contributed by atoms with Crippen molar-refractivity contribution in [3.8, 4) is 17.0 Å². The molecule has 0 aliphatic carbocycles. The molecule has 0 saturated carbocycles. The molecule has 1 unspecified atom stereocenters. The minimum Gasteiger partial charge on any atom is -0.497 e. The molecule has 1 N–H and O–H groups in total. The zero-order valence-corrected chi connectivity index (χ0v) is 17.1. The van der Waals surface area contributed by atoms with Crippen LogP contribution in [0.2, 0.25) is 0 Å². The Morgan fingerprint density at radius 2 is 1.77 bits per heavy atom. The smallest absolute Gasteiger partial charge is 0.277 e. The molecule has 1 aromatic heterocycles. The van der Waals surface area contributed by atoms with E-state index in [2.05, 4.69) is 10.2 Å². The van der Waals surface area contributed by atoms with Crippen LogP contribution >= 0.6 is 0 Å². The van der Waals surface area contributed by atoms with Gasteiger partial charge in [-0.3, -0.25) is 14.8 Å². The number of aryl methyl sites for hydroxylation is 1. The van der Waals surface area contributed by atoms with Crippen LogP contribution in [0.5, 0.6) is 5.75 Å². The second-order valence-electron chi connectivity index (χ2n) is 7.56. The largest absolute Gasteiger partial charge is 0.497 e. The zero-order chi connectivity index (χ0) is 21.5. The number of hydrogen-bond donors (Lipinski definition) is 1. The van der Waals surface area contributed by atoms with E-state index in [0.29, 0.717) is 17.1 Å². The van der Waals surface area contributed by atoms with E-state index in [1.165, 1.54) is 12.1 Å². The van der Waals surface area contributed by atoms with E-state index in [-0.39, 0.29) is 11.7 Å². The van der Waals surface area contributed by atoms with Gasteiger partial charge in [-0.25, -0.2) is 4.39 Å². The Kier molecular flexibility index (Phi) is 4.55. The van der Waals surface area contributed by atoms with Crippen LogP contribution in [-0.4, -0.2) is 23.2 Å². The van der Waals surface area contributed by atoms with Gasteiger partial charge in [0, 0.05) is 16.8 Å². The predicted molar refractivity (Wildman–Crippen MR) is 117 cm³/mol. The van der Waals surface area contributed by atoms with Gasteiger partial charge in [0.15, 0.2) is 0 Å². The molecule has 3 aromatic carbocycles. The number of hydrogen-bond acceptors (Lipinski definition) is 3. The molecule has 1 atom stereocenters. The van der Waals surface area contributed by atoms with Crippen LogP contribution in [-0.2, 0) is 0 Å². The van der Waals surface area contributed by atoms with Crippen molar-refractivity contribution < 1.29 is 13.9 Å². The number of aromatic amines is 1. The number of methoxy groups -OCH3 is 1. The number of fused-ring (bicyclic) bond motifs is 1. The average molecular weight is 413 g/mol. The number of rotatable bonds is 4. The molecule has 0 spiro atoms. The standard InChI is InChI=1S/C25H20FN3O2/c1-15-6-8-16(9-7-15)22-21-23(28-27-22)25(30)29(19-12-10-18(26)11-13-19)24(21)17-4-3-5-20(14-17)31-2/h3-14,24H,1-2H3,(H,27,28). The number of amides is 1. The van der Waals surface area contributed by atoms with E-state index in [0.717, 1.165) is 27.9 Å². The van der Waals surface area contributed by atoms with Gasteiger partial charge in [0.05, 0.1) is 18.8 Å². The van der Waals surface area contributed by atoms with Crippen molar-refractivity contribution in [1.29, 1.82) is 0 Å². The lowest BCUT2D eigenvalue weighted by Gasteiger charge is -2.26. The lowest BCUT2D eigenvalue weighted by atomic mass is 9.95. The number of carbonyl (C=O) groups excluding carboxylic acids is 1. The Bertz CT molecular complexity index is 1260. The first-order valence-electron chi connectivity index (χ1n) is 9.95. The molecular formula is C25H20FN3O2. The molecule has 6 heteroatoms. The van der Waals surface area contributed by atoms with Gasteiger partial charge >= 0.3 is 0 Å². The summed E-state index contributed by atoms with van der Waals surface area (Å²) in [5.74, 6) is 0.131. The molecule has 1 aliphatic heterocycles. The molecule has 0 saturated heterocycles. The van der Waals surface area contributed by atoms with Gasteiger partial charge in [-0.05, 0) is 48.9 Å². The third-order valence-corrected chi connectivity index (χ3v) is 5.61. The number of benzene rings is 3. The van der Waals surface area contributed by atoms with Crippen LogP contribution < -0.4 is 9.64 Å². The minimum atomic E-state index is -0.432. The Morgan fingerprint density at radius 1 is 1.03 bits per heavy atom. The lowest BCUT2D eigenvalue weighted by Crippen LogP contribution is -2.29. The van der Waals surface area contributed by atoms with Gasteiger partial charge in [0.2, 0.25) is 0 Å². The fraction of sp³-hybridized carbons (Fsp3) is 0.120. The van der Waals surface area contributed by atoms with E-state index in [1.54, 1.807) is 24.1 Å². The zero-order valence-electron chi connectivity index (χ0n) is 17.1.